The summed E-state index contributed by atoms with van der Waals surface area (Å²) in [5, 5.41) is 11.6. The van der Waals surface area contributed by atoms with Crippen LogP contribution in [0.2, 0.25) is 0 Å². The van der Waals surface area contributed by atoms with Crippen LogP contribution in [-0.2, 0) is 24.3 Å². The summed E-state index contributed by atoms with van der Waals surface area (Å²) in [5.74, 6) is 0.526. The van der Waals surface area contributed by atoms with Crippen LogP contribution < -0.4 is 14.5 Å². The minimum absolute atomic E-state index is 0.174. The molecule has 48 heavy (non-hydrogen) atoms. The van der Waals surface area contributed by atoms with Gasteiger partial charge in [-0.15, -0.1) is 0 Å². The van der Waals surface area contributed by atoms with Crippen molar-refractivity contribution in [1.82, 2.24) is 19.8 Å². The van der Waals surface area contributed by atoms with Gasteiger partial charge in [0.05, 0.1) is 30.8 Å². The summed E-state index contributed by atoms with van der Waals surface area (Å²) in [4.78, 5) is 31.5. The van der Waals surface area contributed by atoms with E-state index < -0.39 is 6.09 Å². The van der Waals surface area contributed by atoms with Gasteiger partial charge in [0.15, 0.2) is 0 Å². The van der Waals surface area contributed by atoms with Crippen LogP contribution in [0.15, 0.2) is 66.7 Å². The number of piperazine rings is 1. The van der Waals surface area contributed by atoms with Crippen molar-refractivity contribution in [3.8, 4) is 12.1 Å². The lowest BCUT2D eigenvalue weighted by Crippen LogP contribution is -2.55. The minimum Gasteiger partial charge on any atom is -0.462 e. The Hall–Kier alpha value is -4.95. The molecule has 0 aliphatic carbocycles. The van der Waals surface area contributed by atoms with Crippen LogP contribution in [0.25, 0.3) is 10.8 Å². The van der Waals surface area contributed by atoms with E-state index in [2.05, 4.69) is 27.8 Å². The zero-order valence-corrected chi connectivity index (χ0v) is 27.2. The average molecular weight is 650 g/mol. The van der Waals surface area contributed by atoms with Crippen LogP contribution in [0.4, 0.5) is 20.7 Å². The Bertz CT molecular complexity index is 1820. The molecule has 3 aliphatic rings. The molecule has 0 N–H and O–H groups in total. The van der Waals surface area contributed by atoms with Crippen LogP contribution in [0.1, 0.15) is 36.1 Å². The summed E-state index contributed by atoms with van der Waals surface area (Å²) >= 11 is 0. The molecule has 3 aliphatic heterocycles. The third-order valence-corrected chi connectivity index (χ3v) is 9.81. The van der Waals surface area contributed by atoms with E-state index in [9.17, 15) is 14.4 Å². The van der Waals surface area contributed by atoms with Gasteiger partial charge in [-0.05, 0) is 62.0 Å². The highest BCUT2D eigenvalue weighted by atomic mass is 19.1. The largest absolute Gasteiger partial charge is 0.462 e. The maximum absolute atomic E-state index is 14.3. The molecule has 4 aromatic rings. The summed E-state index contributed by atoms with van der Waals surface area (Å²) in [6.45, 7) is 4.32. The van der Waals surface area contributed by atoms with E-state index in [0.29, 0.717) is 57.8 Å². The SMILES string of the molecule is CN1CCC[C@H]1COc1nc2c(c(N3CCN(C(=O)OCc4ccccc4)[C@@H](CC#N)C3)n1)CCN(c1cccc3ccc(F)cc13)C2. The molecular weight excluding hydrogens is 609 g/mol. The van der Waals surface area contributed by atoms with Crippen LogP contribution in [0.5, 0.6) is 6.01 Å². The van der Waals surface area contributed by atoms with Crippen LogP contribution in [0, 0.1) is 17.1 Å². The number of hydrogen-bond donors (Lipinski definition) is 0. The third kappa shape index (κ3) is 6.71. The molecule has 2 atom stereocenters. The Morgan fingerprint density at radius 2 is 1.88 bits per heavy atom. The Morgan fingerprint density at radius 3 is 2.69 bits per heavy atom. The van der Waals surface area contributed by atoms with Crippen LogP contribution in [0.3, 0.4) is 0 Å². The first-order chi connectivity index (χ1) is 23.5. The molecule has 2 fully saturated rings. The maximum Gasteiger partial charge on any atom is 0.410 e. The number of carbonyl (C=O) groups is 1. The fraction of sp³-hybridized carbons (Fsp3) is 0.405. The maximum atomic E-state index is 14.3. The van der Waals surface area contributed by atoms with Crippen molar-refractivity contribution in [3.63, 3.8) is 0 Å². The lowest BCUT2D eigenvalue weighted by molar-refractivity contribution is 0.0767. The number of aromatic nitrogens is 2. The summed E-state index contributed by atoms with van der Waals surface area (Å²) < 4.78 is 26.3. The highest BCUT2D eigenvalue weighted by Gasteiger charge is 2.35. The number of likely N-dealkylation sites (tertiary alicyclic amines) is 1. The van der Waals surface area contributed by atoms with E-state index in [0.717, 1.165) is 58.5 Å². The van der Waals surface area contributed by atoms with Crippen molar-refractivity contribution in [1.29, 1.82) is 5.26 Å². The number of hydrogen-bond acceptors (Lipinski definition) is 9. The van der Waals surface area contributed by atoms with Crippen molar-refractivity contribution < 1.29 is 18.7 Å². The van der Waals surface area contributed by atoms with Gasteiger partial charge < -0.3 is 29.1 Å². The molecule has 1 aromatic heterocycles. The number of amides is 1. The minimum atomic E-state index is -0.421. The summed E-state index contributed by atoms with van der Waals surface area (Å²) in [6, 6.07) is 23.1. The van der Waals surface area contributed by atoms with Crippen molar-refractivity contribution in [3.05, 3.63) is 89.4 Å². The van der Waals surface area contributed by atoms with Gasteiger partial charge in [-0.25, -0.2) is 9.18 Å². The molecule has 2 saturated heterocycles. The molecule has 0 saturated carbocycles. The Labute approximate surface area is 280 Å². The predicted octanol–water partition coefficient (Wildman–Crippen LogP) is 5.55. The van der Waals surface area contributed by atoms with Gasteiger partial charge in [0.1, 0.15) is 24.8 Å². The molecule has 10 nitrogen and oxygen atoms in total. The molecule has 0 spiro atoms. The molecule has 3 aromatic carbocycles. The number of ether oxygens (including phenoxy) is 2. The van der Waals surface area contributed by atoms with Gasteiger partial charge in [-0.3, -0.25) is 0 Å². The van der Waals surface area contributed by atoms with Crippen molar-refractivity contribution in [2.45, 2.75) is 50.9 Å². The molecule has 1 amide bonds. The number of anilines is 2. The average Bonchev–Trinajstić information content (AvgIpc) is 3.53. The van der Waals surface area contributed by atoms with E-state index in [4.69, 9.17) is 19.4 Å². The van der Waals surface area contributed by atoms with Gasteiger partial charge in [-0.2, -0.15) is 15.2 Å². The second kappa shape index (κ2) is 14.0. The van der Waals surface area contributed by atoms with E-state index in [-0.39, 0.29) is 24.9 Å². The van der Waals surface area contributed by atoms with Crippen molar-refractivity contribution in [2.75, 3.05) is 56.2 Å². The van der Waals surface area contributed by atoms with E-state index in [1.807, 2.05) is 54.6 Å². The zero-order valence-electron chi connectivity index (χ0n) is 27.2. The number of likely N-dealkylation sites (N-methyl/N-ethyl adjacent to an activating group) is 1. The van der Waals surface area contributed by atoms with E-state index in [1.54, 1.807) is 11.0 Å². The number of benzene rings is 3. The monoisotopic (exact) mass is 649 g/mol. The number of rotatable bonds is 8. The first kappa shape index (κ1) is 31.6. The number of halogens is 1. The highest BCUT2D eigenvalue weighted by Crippen LogP contribution is 2.35. The molecule has 248 valence electrons. The molecule has 0 bridgehead atoms. The van der Waals surface area contributed by atoms with Gasteiger partial charge in [0, 0.05) is 48.9 Å². The quantitative estimate of drug-likeness (QED) is 0.244. The normalized spacial score (nSPS) is 19.6. The zero-order chi connectivity index (χ0) is 33.0. The fourth-order valence-corrected chi connectivity index (χ4v) is 7.16. The standard InChI is InChI=1S/C37H40FN7O3/c1-42-17-6-10-30(42)25-47-36-40-33-23-43(34-11-5-9-27-12-13-28(38)21-32(27)34)18-15-31(33)35(41-36)44-19-20-45(29(22-44)14-16-39)37(46)48-24-26-7-3-2-4-8-26/h2-5,7-9,11-13,21,29-30H,6,10,14-15,17-20,22-25H2,1H3/t29-,30-/m0/s1. The van der Waals surface area contributed by atoms with Gasteiger partial charge in [0.25, 0.3) is 0 Å². The summed E-state index contributed by atoms with van der Waals surface area (Å²) in [5.41, 5.74) is 3.78. The van der Waals surface area contributed by atoms with Crippen LogP contribution in [-0.4, -0.2) is 84.3 Å². The number of nitriles is 1. The first-order valence-electron chi connectivity index (χ1n) is 16.7. The Morgan fingerprint density at radius 1 is 1.00 bits per heavy atom. The Balaban J connectivity index is 1.15. The summed E-state index contributed by atoms with van der Waals surface area (Å²) in [6.07, 6.45) is 2.64. The molecule has 7 rings (SSSR count). The van der Waals surface area contributed by atoms with Crippen molar-refractivity contribution >= 4 is 28.4 Å². The second-order valence-electron chi connectivity index (χ2n) is 12.9. The molecule has 4 heterocycles. The molecule has 0 radical (unpaired) electrons. The highest BCUT2D eigenvalue weighted by molar-refractivity contribution is 5.94. The predicted molar refractivity (Wildman–Crippen MR) is 181 cm³/mol. The number of fused-ring (bicyclic) bond motifs is 2. The van der Waals surface area contributed by atoms with Gasteiger partial charge in [-0.1, -0.05) is 48.5 Å². The van der Waals surface area contributed by atoms with E-state index in [1.165, 1.54) is 6.07 Å². The fourth-order valence-electron chi connectivity index (χ4n) is 7.16. The lowest BCUT2D eigenvalue weighted by Gasteiger charge is -2.42. The lowest BCUT2D eigenvalue weighted by atomic mass is 10.0. The number of nitrogens with zero attached hydrogens (tertiary/aromatic N) is 7. The topological polar surface area (TPSA) is 98.1 Å². The second-order valence-corrected chi connectivity index (χ2v) is 12.9. The molecule has 0 unspecified atom stereocenters. The van der Waals surface area contributed by atoms with Crippen molar-refractivity contribution in [2.24, 2.45) is 0 Å². The van der Waals surface area contributed by atoms with Gasteiger partial charge >= 0.3 is 12.1 Å². The van der Waals surface area contributed by atoms with E-state index >= 15 is 0 Å². The summed E-state index contributed by atoms with van der Waals surface area (Å²) in [7, 11) is 2.12. The third-order valence-electron chi connectivity index (χ3n) is 9.81. The molecular formula is C37H40FN7O3. The number of carbonyl (C=O) groups excluding carboxylic acids is 1. The van der Waals surface area contributed by atoms with Crippen LogP contribution >= 0.6 is 0 Å². The van der Waals surface area contributed by atoms with Gasteiger partial charge in [0.2, 0.25) is 0 Å². The Kier molecular flexibility index (Phi) is 9.25. The molecule has 11 heteroatoms. The smallest absolute Gasteiger partial charge is 0.410 e. The first-order valence-corrected chi connectivity index (χ1v) is 16.7.